The molecule has 150 valence electrons. The van der Waals surface area contributed by atoms with E-state index in [1.165, 1.54) is 56.1 Å². The van der Waals surface area contributed by atoms with Gasteiger partial charge in [0.1, 0.15) is 0 Å². The molecule has 0 saturated heterocycles. The van der Waals surface area contributed by atoms with E-state index in [0.717, 1.165) is 36.2 Å². The average molecular weight is 377 g/mol. The Balaban J connectivity index is 1.45. The van der Waals surface area contributed by atoms with Gasteiger partial charge in [-0.2, -0.15) is 0 Å². The van der Waals surface area contributed by atoms with Gasteiger partial charge in [0.2, 0.25) is 0 Å². The highest BCUT2D eigenvalue weighted by Gasteiger charge is 2.60. The quantitative estimate of drug-likeness (QED) is 0.483. The zero-order valence-electron chi connectivity index (χ0n) is 18.0. The Hall–Kier alpha value is -1.37. The number of carbonyl (C=O) groups is 1. The number of hydrogen-bond acceptors (Lipinski definition) is 1. The normalized spacial score (nSPS) is 44.1. The highest BCUT2D eigenvalue weighted by molar-refractivity contribution is 6.05. The monoisotopic (exact) mass is 376 g/mol. The maximum atomic E-state index is 13.5. The lowest BCUT2D eigenvalue weighted by molar-refractivity contribution is -0.137. The SMILES string of the molecule is Cc1ccc(C=C2CC3C4CC[C@H]5CCCC[C@]5(C)C4CC[C@]3(C)C2=O)cc1. The summed E-state index contributed by atoms with van der Waals surface area (Å²) < 4.78 is 0. The predicted octanol–water partition coefficient (Wildman–Crippen LogP) is 6.99. The minimum Gasteiger partial charge on any atom is -0.294 e. The van der Waals surface area contributed by atoms with Crippen molar-refractivity contribution in [2.75, 3.05) is 0 Å². The Kier molecular flexibility index (Phi) is 4.38. The third-order valence-corrected chi connectivity index (χ3v) is 9.64. The summed E-state index contributed by atoms with van der Waals surface area (Å²) in [6, 6.07) is 8.64. The molecule has 1 heteroatoms. The topological polar surface area (TPSA) is 17.1 Å². The largest absolute Gasteiger partial charge is 0.294 e. The van der Waals surface area contributed by atoms with Crippen LogP contribution in [-0.4, -0.2) is 5.78 Å². The summed E-state index contributed by atoms with van der Waals surface area (Å²) in [5.74, 6) is 3.62. The van der Waals surface area contributed by atoms with E-state index in [2.05, 4.69) is 51.1 Å². The van der Waals surface area contributed by atoms with E-state index in [0.29, 0.717) is 17.1 Å². The minimum atomic E-state index is -0.102. The van der Waals surface area contributed by atoms with Crippen LogP contribution in [0.3, 0.4) is 0 Å². The molecule has 1 aromatic carbocycles. The third-order valence-electron chi connectivity index (χ3n) is 9.64. The van der Waals surface area contributed by atoms with E-state index in [4.69, 9.17) is 0 Å². The van der Waals surface area contributed by atoms with Crippen LogP contribution in [0.15, 0.2) is 29.8 Å². The summed E-state index contributed by atoms with van der Waals surface area (Å²) in [5, 5.41) is 0. The lowest BCUT2D eigenvalue weighted by atomic mass is 9.45. The van der Waals surface area contributed by atoms with Crippen molar-refractivity contribution in [3.63, 3.8) is 0 Å². The summed E-state index contributed by atoms with van der Waals surface area (Å²) in [6.45, 7) is 7.05. The maximum absolute atomic E-state index is 13.5. The second-order valence-corrected chi connectivity index (χ2v) is 11.0. The number of carbonyl (C=O) groups excluding carboxylic acids is 1. The highest BCUT2D eigenvalue weighted by atomic mass is 16.1. The number of fused-ring (bicyclic) bond motifs is 5. The van der Waals surface area contributed by atoms with Crippen molar-refractivity contribution in [2.24, 2.45) is 34.5 Å². The van der Waals surface area contributed by atoms with E-state index in [9.17, 15) is 4.79 Å². The molecule has 28 heavy (non-hydrogen) atoms. The zero-order chi connectivity index (χ0) is 19.5. The first-order valence-electron chi connectivity index (χ1n) is 11.7. The fourth-order valence-corrected chi connectivity index (χ4v) is 7.96. The van der Waals surface area contributed by atoms with Crippen LogP contribution in [0.25, 0.3) is 6.08 Å². The van der Waals surface area contributed by atoms with E-state index in [1.807, 2.05) is 0 Å². The maximum Gasteiger partial charge on any atom is 0.165 e. The molecule has 4 aliphatic carbocycles. The van der Waals surface area contributed by atoms with Crippen molar-refractivity contribution in [1.82, 2.24) is 0 Å². The van der Waals surface area contributed by atoms with Crippen LogP contribution in [0, 0.1) is 41.4 Å². The number of Topliss-reactive ketones (excluding diaryl/α,β-unsaturated/α-hetero) is 1. The standard InChI is InChI=1S/C27H36O/c1-18-7-9-19(10-8-18)16-20-17-24-22-12-11-21-6-4-5-14-26(21,2)23(22)13-15-27(24,3)25(20)28/h7-10,16,21-24H,4-6,11-15,17H2,1-3H3/t21-,22?,23?,24?,26+,27+/m1/s1. The van der Waals surface area contributed by atoms with Crippen molar-refractivity contribution in [3.05, 3.63) is 41.0 Å². The van der Waals surface area contributed by atoms with Gasteiger partial charge in [0.05, 0.1) is 0 Å². The number of hydrogen-bond donors (Lipinski definition) is 0. The average Bonchev–Trinajstić information content (AvgIpc) is 2.94. The van der Waals surface area contributed by atoms with Gasteiger partial charge >= 0.3 is 0 Å². The van der Waals surface area contributed by atoms with Gasteiger partial charge in [-0.05, 0) is 98.2 Å². The first-order chi connectivity index (χ1) is 13.4. The molecule has 0 aromatic heterocycles. The van der Waals surface area contributed by atoms with Crippen LogP contribution in [0.2, 0.25) is 0 Å². The minimum absolute atomic E-state index is 0.102. The van der Waals surface area contributed by atoms with Crippen molar-refractivity contribution < 1.29 is 4.79 Å². The summed E-state index contributed by atoms with van der Waals surface area (Å²) in [7, 11) is 0. The number of benzene rings is 1. The van der Waals surface area contributed by atoms with Gasteiger partial charge in [0.25, 0.3) is 0 Å². The smallest absolute Gasteiger partial charge is 0.165 e. The predicted molar refractivity (Wildman–Crippen MR) is 116 cm³/mol. The Morgan fingerprint density at radius 3 is 2.50 bits per heavy atom. The summed E-state index contributed by atoms with van der Waals surface area (Å²) >= 11 is 0. The van der Waals surface area contributed by atoms with Gasteiger partial charge in [-0.3, -0.25) is 4.79 Å². The third kappa shape index (κ3) is 2.68. The molecule has 0 heterocycles. The van der Waals surface area contributed by atoms with Crippen LogP contribution >= 0.6 is 0 Å². The molecule has 4 aliphatic rings. The van der Waals surface area contributed by atoms with Crippen LogP contribution in [0.5, 0.6) is 0 Å². The Morgan fingerprint density at radius 1 is 0.929 bits per heavy atom. The fraction of sp³-hybridized carbons (Fsp3) is 0.667. The van der Waals surface area contributed by atoms with Gasteiger partial charge in [-0.15, -0.1) is 0 Å². The molecule has 6 atom stereocenters. The summed E-state index contributed by atoms with van der Waals surface area (Å²) in [5.41, 5.74) is 4.02. The van der Waals surface area contributed by atoms with Gasteiger partial charge in [-0.1, -0.05) is 56.5 Å². The number of ketones is 1. The first-order valence-corrected chi connectivity index (χ1v) is 11.7. The molecule has 0 N–H and O–H groups in total. The first kappa shape index (κ1) is 18.6. The molecule has 4 fully saturated rings. The van der Waals surface area contributed by atoms with Gasteiger partial charge < -0.3 is 0 Å². The zero-order valence-corrected chi connectivity index (χ0v) is 18.0. The van der Waals surface area contributed by atoms with Crippen molar-refractivity contribution in [2.45, 2.75) is 78.6 Å². The number of aryl methyl sites for hydroxylation is 1. The molecule has 0 bridgehead atoms. The van der Waals surface area contributed by atoms with E-state index >= 15 is 0 Å². The van der Waals surface area contributed by atoms with Crippen molar-refractivity contribution in [1.29, 1.82) is 0 Å². The van der Waals surface area contributed by atoms with Crippen LogP contribution < -0.4 is 0 Å². The highest BCUT2D eigenvalue weighted by Crippen LogP contribution is 2.66. The molecule has 1 nitrogen and oxygen atoms in total. The second-order valence-electron chi connectivity index (χ2n) is 11.0. The number of allylic oxidation sites excluding steroid dienone is 1. The Bertz CT molecular complexity index is 802. The van der Waals surface area contributed by atoms with E-state index in [-0.39, 0.29) is 5.41 Å². The molecule has 5 rings (SSSR count). The van der Waals surface area contributed by atoms with Gasteiger partial charge in [-0.25, -0.2) is 0 Å². The lowest BCUT2D eigenvalue weighted by Crippen LogP contribution is -2.52. The fourth-order valence-electron chi connectivity index (χ4n) is 7.96. The molecule has 0 spiro atoms. The summed E-state index contributed by atoms with van der Waals surface area (Å²) in [4.78, 5) is 13.5. The Labute approximate surface area is 171 Å². The van der Waals surface area contributed by atoms with Crippen LogP contribution in [-0.2, 0) is 4.79 Å². The molecule has 1 aromatic rings. The van der Waals surface area contributed by atoms with Crippen molar-refractivity contribution in [3.8, 4) is 0 Å². The number of rotatable bonds is 1. The second kappa shape index (κ2) is 6.57. The Morgan fingerprint density at radius 2 is 1.71 bits per heavy atom. The molecular weight excluding hydrogens is 340 g/mol. The van der Waals surface area contributed by atoms with E-state index in [1.54, 1.807) is 0 Å². The van der Waals surface area contributed by atoms with Gasteiger partial charge in [0.15, 0.2) is 5.78 Å². The van der Waals surface area contributed by atoms with Crippen molar-refractivity contribution >= 4 is 11.9 Å². The lowest BCUT2D eigenvalue weighted by Gasteiger charge is -2.59. The molecule has 0 aliphatic heterocycles. The molecular formula is C27H36O. The molecule has 0 radical (unpaired) electrons. The molecule has 4 saturated carbocycles. The van der Waals surface area contributed by atoms with Gasteiger partial charge in [0, 0.05) is 5.41 Å². The molecule has 0 amide bonds. The summed E-state index contributed by atoms with van der Waals surface area (Å²) in [6.07, 6.45) is 14.2. The van der Waals surface area contributed by atoms with Crippen LogP contribution in [0.4, 0.5) is 0 Å². The molecule has 3 unspecified atom stereocenters. The van der Waals surface area contributed by atoms with E-state index < -0.39 is 0 Å². The van der Waals surface area contributed by atoms with Crippen LogP contribution in [0.1, 0.15) is 82.8 Å².